The number of Topliss-reactive ketones (excluding diaryl/α,β-unsaturated/α-hetero) is 1. The number of alkyl halides is 3. The lowest BCUT2D eigenvalue weighted by Crippen LogP contribution is -2.43. The molecule has 0 spiro atoms. The number of ketones is 1. The molecule has 37 heavy (non-hydrogen) atoms. The lowest BCUT2D eigenvalue weighted by atomic mass is 10.0. The van der Waals surface area contributed by atoms with Crippen LogP contribution < -0.4 is 0 Å². The number of aryl methyl sites for hydroxylation is 1. The Morgan fingerprint density at radius 3 is 2.35 bits per heavy atom. The summed E-state index contributed by atoms with van der Waals surface area (Å²) in [7, 11) is -4.03. The summed E-state index contributed by atoms with van der Waals surface area (Å²) < 4.78 is 93.3. The number of aromatic nitrogens is 3. The first-order valence-corrected chi connectivity index (χ1v) is 12.7. The van der Waals surface area contributed by atoms with Gasteiger partial charge in [0.05, 0.1) is 22.8 Å². The van der Waals surface area contributed by atoms with Crippen molar-refractivity contribution in [2.45, 2.75) is 36.4 Å². The van der Waals surface area contributed by atoms with E-state index in [0.29, 0.717) is 6.42 Å². The number of hydrogen-bond acceptors (Lipinski definition) is 6. The highest BCUT2D eigenvalue weighted by Gasteiger charge is 2.58. The normalized spacial score (nSPS) is 21.6. The molecule has 3 aromatic rings. The number of sulfonamides is 1. The van der Waals surface area contributed by atoms with Crippen LogP contribution in [0.2, 0.25) is 0 Å². The van der Waals surface area contributed by atoms with Gasteiger partial charge in [0.15, 0.2) is 5.78 Å². The highest BCUT2D eigenvalue weighted by Crippen LogP contribution is 2.51. The first kappa shape index (κ1) is 25.3. The number of carbonyl (C=O) groups is 1. The van der Waals surface area contributed by atoms with E-state index in [0.717, 1.165) is 47.2 Å². The first-order valence-electron chi connectivity index (χ1n) is 11.3. The molecule has 3 atom stereocenters. The molecule has 13 heteroatoms. The molecule has 0 radical (unpaired) electrons. The van der Waals surface area contributed by atoms with E-state index in [1.54, 1.807) is 0 Å². The number of pyridine rings is 1. The maximum Gasteiger partial charge on any atom is 0.451 e. The van der Waals surface area contributed by atoms with E-state index in [1.807, 2.05) is 0 Å². The molecular formula is C24H19F5N4O3S. The average molecular weight is 538 g/mol. The standard InChI is InChI=1S/C24H19F5N4O3S/c25-16-2-4-17(5-3-16)37(35,36)33-12-14-7-18(14)22(33)21(34)6-1-13-8-20(30-11-19(13)26)15-9-31-23(32-10-15)24(27,28)29/h2-5,8-11,14,18,22H,1,6-7,12H2/t14-,18-,22-/m0/s1. The van der Waals surface area contributed by atoms with Crippen LogP contribution in [0.15, 0.2) is 53.8 Å². The Morgan fingerprint density at radius 2 is 1.70 bits per heavy atom. The van der Waals surface area contributed by atoms with E-state index in [1.165, 1.54) is 6.07 Å². The van der Waals surface area contributed by atoms with Crippen molar-refractivity contribution in [3.63, 3.8) is 0 Å². The zero-order chi connectivity index (χ0) is 26.5. The van der Waals surface area contributed by atoms with Gasteiger partial charge < -0.3 is 0 Å². The summed E-state index contributed by atoms with van der Waals surface area (Å²) in [4.78, 5) is 23.5. The van der Waals surface area contributed by atoms with E-state index >= 15 is 0 Å². The Labute approximate surface area is 208 Å². The molecule has 7 nitrogen and oxygen atoms in total. The fourth-order valence-corrected chi connectivity index (χ4v) is 6.37. The van der Waals surface area contributed by atoms with Gasteiger partial charge in [0, 0.05) is 30.9 Å². The number of halogens is 5. The Balaban J connectivity index is 1.32. The third-order valence-electron chi connectivity index (χ3n) is 6.63. The summed E-state index contributed by atoms with van der Waals surface area (Å²) in [5, 5.41) is 0. The van der Waals surface area contributed by atoms with Crippen LogP contribution in [0.4, 0.5) is 22.0 Å². The molecular weight excluding hydrogens is 519 g/mol. The zero-order valence-electron chi connectivity index (χ0n) is 19.0. The second-order valence-corrected chi connectivity index (χ2v) is 10.9. The Morgan fingerprint density at radius 1 is 1.03 bits per heavy atom. The predicted molar refractivity (Wildman–Crippen MR) is 119 cm³/mol. The van der Waals surface area contributed by atoms with Gasteiger partial charge in [0.1, 0.15) is 11.6 Å². The van der Waals surface area contributed by atoms with Crippen molar-refractivity contribution < 1.29 is 35.2 Å². The minimum Gasteiger partial charge on any atom is -0.298 e. The van der Waals surface area contributed by atoms with E-state index in [2.05, 4.69) is 15.0 Å². The Bertz CT molecular complexity index is 1450. The maximum absolute atomic E-state index is 14.4. The molecule has 2 aromatic heterocycles. The van der Waals surface area contributed by atoms with E-state index in [9.17, 15) is 35.2 Å². The van der Waals surface area contributed by atoms with Gasteiger partial charge in [-0.3, -0.25) is 9.78 Å². The summed E-state index contributed by atoms with van der Waals surface area (Å²) in [5.74, 6) is -3.04. The van der Waals surface area contributed by atoms with Gasteiger partial charge in [-0.1, -0.05) is 0 Å². The maximum atomic E-state index is 14.4. The van der Waals surface area contributed by atoms with Crippen LogP contribution in [0.25, 0.3) is 11.3 Å². The molecule has 0 N–H and O–H groups in total. The SMILES string of the molecule is O=C(CCc1cc(-c2cnc(C(F)(F)F)nc2)ncc1F)[C@@H]1[C@H]2C[C@H]2CN1S(=O)(=O)c1ccc(F)cc1. The number of rotatable bonds is 7. The van der Waals surface area contributed by atoms with E-state index in [-0.39, 0.29) is 58.7 Å². The highest BCUT2D eigenvalue weighted by molar-refractivity contribution is 7.89. The average Bonchev–Trinajstić information content (AvgIpc) is 3.52. The molecule has 0 amide bonds. The van der Waals surface area contributed by atoms with Crippen molar-refractivity contribution >= 4 is 15.8 Å². The van der Waals surface area contributed by atoms with Gasteiger partial charge in [-0.05, 0) is 60.6 Å². The van der Waals surface area contributed by atoms with Crippen molar-refractivity contribution in [2.75, 3.05) is 6.54 Å². The van der Waals surface area contributed by atoms with Crippen molar-refractivity contribution in [2.24, 2.45) is 11.8 Å². The number of nitrogens with zero attached hydrogens (tertiary/aromatic N) is 4. The van der Waals surface area contributed by atoms with Gasteiger partial charge in [0.2, 0.25) is 15.8 Å². The minimum atomic E-state index is -4.71. The van der Waals surface area contributed by atoms with Crippen LogP contribution in [0.5, 0.6) is 0 Å². The fraction of sp³-hybridized carbons (Fsp3) is 0.333. The van der Waals surface area contributed by atoms with Crippen LogP contribution in [0.3, 0.4) is 0 Å². The van der Waals surface area contributed by atoms with Crippen molar-refractivity contribution in [1.29, 1.82) is 0 Å². The summed E-state index contributed by atoms with van der Waals surface area (Å²) in [6, 6.07) is 4.77. The molecule has 1 aromatic carbocycles. The van der Waals surface area contributed by atoms with Crippen molar-refractivity contribution in [1.82, 2.24) is 19.3 Å². The molecule has 2 aliphatic rings. The minimum absolute atomic E-state index is 0.0631. The molecule has 1 aliphatic carbocycles. The molecule has 0 unspecified atom stereocenters. The van der Waals surface area contributed by atoms with E-state index < -0.39 is 39.7 Å². The summed E-state index contributed by atoms with van der Waals surface area (Å²) in [5.41, 5.74) is 0.353. The van der Waals surface area contributed by atoms with Crippen LogP contribution >= 0.6 is 0 Å². The highest BCUT2D eigenvalue weighted by atomic mass is 32.2. The molecule has 1 aliphatic heterocycles. The summed E-state index contributed by atoms with van der Waals surface area (Å²) in [6.45, 7) is 0.183. The number of fused-ring (bicyclic) bond motifs is 1. The van der Waals surface area contributed by atoms with Gasteiger partial charge in [-0.15, -0.1) is 0 Å². The Hall–Kier alpha value is -3.32. The van der Waals surface area contributed by atoms with Gasteiger partial charge in [-0.2, -0.15) is 17.5 Å². The van der Waals surface area contributed by atoms with Crippen LogP contribution in [0.1, 0.15) is 24.2 Å². The smallest absolute Gasteiger partial charge is 0.298 e. The van der Waals surface area contributed by atoms with Crippen molar-refractivity contribution in [3.05, 3.63) is 71.9 Å². The molecule has 1 saturated carbocycles. The molecule has 0 bridgehead atoms. The summed E-state index contributed by atoms with van der Waals surface area (Å²) in [6.07, 6.45) is -1.48. The van der Waals surface area contributed by atoms with Gasteiger partial charge >= 0.3 is 6.18 Å². The topological polar surface area (TPSA) is 93.1 Å². The lowest BCUT2D eigenvalue weighted by molar-refractivity contribution is -0.145. The van der Waals surface area contributed by atoms with Crippen LogP contribution in [0, 0.1) is 23.5 Å². The second-order valence-electron chi connectivity index (χ2n) is 9.05. The van der Waals surface area contributed by atoms with Crippen LogP contribution in [-0.4, -0.2) is 46.0 Å². The molecule has 1 saturated heterocycles. The number of piperidine rings is 1. The molecule has 2 fully saturated rings. The zero-order valence-corrected chi connectivity index (χ0v) is 19.8. The molecule has 3 heterocycles. The third-order valence-corrected chi connectivity index (χ3v) is 8.50. The first-order chi connectivity index (χ1) is 17.4. The second kappa shape index (κ2) is 9.21. The van der Waals surface area contributed by atoms with Crippen molar-refractivity contribution in [3.8, 4) is 11.3 Å². The quantitative estimate of drug-likeness (QED) is 0.422. The number of hydrogen-bond donors (Lipinski definition) is 0. The monoisotopic (exact) mass is 538 g/mol. The van der Waals surface area contributed by atoms with Crippen LogP contribution in [-0.2, 0) is 27.4 Å². The molecule has 194 valence electrons. The van der Waals surface area contributed by atoms with E-state index in [4.69, 9.17) is 0 Å². The number of carbonyl (C=O) groups excluding carboxylic acids is 1. The largest absolute Gasteiger partial charge is 0.451 e. The lowest BCUT2D eigenvalue weighted by Gasteiger charge is -2.26. The number of benzene rings is 1. The molecule has 5 rings (SSSR count). The van der Waals surface area contributed by atoms with Gasteiger partial charge in [-0.25, -0.2) is 27.2 Å². The Kier molecular flexibility index (Phi) is 6.31. The predicted octanol–water partition coefficient (Wildman–Crippen LogP) is 4.05. The fourth-order valence-electron chi connectivity index (χ4n) is 4.66. The van der Waals surface area contributed by atoms with Gasteiger partial charge in [0.25, 0.3) is 0 Å². The third kappa shape index (κ3) is 4.97. The summed E-state index contributed by atoms with van der Waals surface area (Å²) >= 11 is 0.